The zero-order valence-corrected chi connectivity index (χ0v) is 23.5. The number of nitrogens with two attached hydrogens (primary N) is 1. The van der Waals surface area contributed by atoms with Crippen molar-refractivity contribution in [2.75, 3.05) is 11.1 Å². The predicted octanol–water partition coefficient (Wildman–Crippen LogP) is 5.17. The maximum Gasteiger partial charge on any atom is 0.302 e. The summed E-state index contributed by atoms with van der Waals surface area (Å²) in [5.41, 5.74) is 9.47. The van der Waals surface area contributed by atoms with Crippen molar-refractivity contribution >= 4 is 46.3 Å². The number of carbonyl (C=O) groups is 1. The van der Waals surface area contributed by atoms with Crippen LogP contribution in [0.25, 0.3) is 11.1 Å². The zero-order chi connectivity index (χ0) is 28.8. The minimum atomic E-state index is -0.735. The number of oxazole rings is 1. The fourth-order valence-electron chi connectivity index (χ4n) is 4.35. The Balaban J connectivity index is 1.44. The molecule has 0 bridgehead atoms. The highest BCUT2D eigenvalue weighted by molar-refractivity contribution is 6.31. The van der Waals surface area contributed by atoms with E-state index in [-0.39, 0.29) is 41.2 Å². The van der Waals surface area contributed by atoms with Crippen LogP contribution in [0.5, 0.6) is 0 Å². The van der Waals surface area contributed by atoms with Crippen LogP contribution in [0.4, 0.5) is 16.1 Å². The zero-order valence-electron chi connectivity index (χ0n) is 22.8. The Morgan fingerprint density at radius 1 is 1.25 bits per heavy atom. The summed E-state index contributed by atoms with van der Waals surface area (Å²) in [5, 5.41) is 13.9. The number of nitrogens with one attached hydrogen (secondary N) is 3. The van der Waals surface area contributed by atoms with Gasteiger partial charge in [0.05, 0.1) is 17.3 Å². The first-order valence-electron chi connectivity index (χ1n) is 12.7. The molecule has 40 heavy (non-hydrogen) atoms. The lowest BCUT2D eigenvalue weighted by Gasteiger charge is -2.27. The monoisotopic (exact) mass is 564 g/mol. The van der Waals surface area contributed by atoms with E-state index >= 15 is 0 Å². The summed E-state index contributed by atoms with van der Waals surface area (Å²) in [6.07, 6.45) is 3.65. The first kappa shape index (κ1) is 27.2. The molecule has 1 unspecified atom stereocenters. The van der Waals surface area contributed by atoms with Crippen LogP contribution in [-0.2, 0) is 16.9 Å². The fraction of sp³-hybridized carbons (Fsp3) is 0.286. The van der Waals surface area contributed by atoms with Crippen LogP contribution in [0.2, 0.25) is 5.02 Å². The molecule has 0 saturated heterocycles. The number of rotatable bonds is 5. The van der Waals surface area contributed by atoms with Crippen molar-refractivity contribution in [3.63, 3.8) is 0 Å². The molecule has 5 N–H and O–H groups in total. The minimum absolute atomic E-state index is 0.0591. The Kier molecular flexibility index (Phi) is 7.01. The average Bonchev–Trinajstić information content (AvgIpc) is 3.52. The number of halogens is 2. The van der Waals surface area contributed by atoms with Gasteiger partial charge >= 0.3 is 6.01 Å². The van der Waals surface area contributed by atoms with Gasteiger partial charge in [-0.1, -0.05) is 23.7 Å². The van der Waals surface area contributed by atoms with Crippen LogP contribution in [0.3, 0.4) is 0 Å². The number of aliphatic imine (C=N–C) groups is 1. The molecule has 1 aliphatic heterocycles. The Morgan fingerprint density at radius 3 is 2.73 bits per heavy atom. The number of allylic oxidation sites excluding steroid dienone is 1. The van der Waals surface area contributed by atoms with E-state index in [0.717, 1.165) is 11.1 Å². The van der Waals surface area contributed by atoms with Crippen molar-refractivity contribution in [2.24, 2.45) is 4.99 Å². The lowest BCUT2D eigenvalue weighted by molar-refractivity contribution is -0.118. The maximum atomic E-state index is 13.9. The summed E-state index contributed by atoms with van der Waals surface area (Å²) in [6, 6.07) is 7.61. The second kappa shape index (κ2) is 10.3. The van der Waals surface area contributed by atoms with E-state index in [0.29, 0.717) is 27.4 Å². The number of carbonyl (C=O) groups excluding carboxylic acids is 1. The number of guanidine groups is 1. The van der Waals surface area contributed by atoms with Crippen molar-refractivity contribution in [1.29, 1.82) is 0 Å². The number of nitrogen functional groups attached to an aromatic ring is 1. The molecule has 2 aromatic heterocycles. The highest BCUT2D eigenvalue weighted by Crippen LogP contribution is 2.36. The summed E-state index contributed by atoms with van der Waals surface area (Å²) in [6.45, 7) is 10.2. The summed E-state index contributed by atoms with van der Waals surface area (Å²) < 4.78 is 21.4. The van der Waals surface area contributed by atoms with Gasteiger partial charge in [0.15, 0.2) is 5.58 Å². The molecular formula is C28H30ClFN8O2. The Morgan fingerprint density at radius 2 is 2.02 bits per heavy atom. The van der Waals surface area contributed by atoms with E-state index in [1.807, 2.05) is 36.0 Å². The molecule has 2 aromatic carbocycles. The van der Waals surface area contributed by atoms with E-state index < -0.39 is 11.9 Å². The lowest BCUT2D eigenvalue weighted by atomic mass is 9.95. The summed E-state index contributed by atoms with van der Waals surface area (Å²) >= 11 is 6.64. The normalized spacial score (nSPS) is 15.7. The van der Waals surface area contributed by atoms with E-state index in [1.165, 1.54) is 12.1 Å². The largest absolute Gasteiger partial charge is 0.421 e. The molecule has 10 nitrogen and oxygen atoms in total. The van der Waals surface area contributed by atoms with Crippen LogP contribution in [-0.4, -0.2) is 26.6 Å². The second-order valence-electron chi connectivity index (χ2n) is 10.7. The quantitative estimate of drug-likeness (QED) is 0.246. The van der Waals surface area contributed by atoms with Crippen LogP contribution >= 0.6 is 11.6 Å². The molecular weight excluding hydrogens is 535 g/mol. The predicted molar refractivity (Wildman–Crippen MR) is 153 cm³/mol. The standard InChI is InChI=1S/C28H30ClFN8O2/c1-14-6-7-17(18(29)10-14)23-21(25(39)32-11-16-12-33-38(13-16)28(3,4)5)15(2)34-26(36-23)37-27-35-20-9-8-19(30)22(31)24(20)40-27/h6-10,12-13,23H,11,31H2,1-5H3,(H,32,39)(H2,34,35,36,37). The molecule has 0 fully saturated rings. The number of fused-ring (bicyclic) bond motifs is 1. The van der Waals surface area contributed by atoms with E-state index in [1.54, 1.807) is 13.1 Å². The van der Waals surface area contributed by atoms with Gasteiger partial charge in [-0.2, -0.15) is 10.1 Å². The van der Waals surface area contributed by atoms with Gasteiger partial charge in [-0.15, -0.1) is 0 Å². The number of hydrogen-bond donors (Lipinski definition) is 4. The summed E-state index contributed by atoms with van der Waals surface area (Å²) in [5.74, 6) is -0.631. The maximum absolute atomic E-state index is 13.9. The molecule has 0 spiro atoms. The van der Waals surface area contributed by atoms with Gasteiger partial charge in [-0.25, -0.2) is 9.38 Å². The van der Waals surface area contributed by atoms with Crippen LogP contribution in [0.15, 0.2) is 63.4 Å². The van der Waals surface area contributed by atoms with Gasteiger partial charge in [0.25, 0.3) is 5.91 Å². The lowest BCUT2D eigenvalue weighted by Crippen LogP contribution is -2.39. The Hall–Kier alpha value is -4.38. The second-order valence-corrected chi connectivity index (χ2v) is 11.1. The molecule has 3 heterocycles. The van der Waals surface area contributed by atoms with Gasteiger partial charge in [-0.3, -0.25) is 14.8 Å². The van der Waals surface area contributed by atoms with E-state index in [4.69, 9.17) is 26.7 Å². The number of aryl methyl sites for hydroxylation is 1. The first-order valence-corrected chi connectivity index (χ1v) is 13.0. The number of benzene rings is 2. The van der Waals surface area contributed by atoms with Gasteiger partial charge in [-0.05, 0) is 58.4 Å². The topological polar surface area (TPSA) is 135 Å². The molecule has 0 radical (unpaired) electrons. The molecule has 0 aliphatic carbocycles. The third-order valence-corrected chi connectivity index (χ3v) is 6.81. The molecule has 5 rings (SSSR count). The third kappa shape index (κ3) is 5.37. The van der Waals surface area contributed by atoms with Crippen molar-refractivity contribution < 1.29 is 13.6 Å². The minimum Gasteiger partial charge on any atom is -0.421 e. The first-order chi connectivity index (χ1) is 18.9. The number of anilines is 2. The van der Waals surface area contributed by atoms with Crippen LogP contribution < -0.4 is 21.7 Å². The summed E-state index contributed by atoms with van der Waals surface area (Å²) in [4.78, 5) is 22.6. The number of nitrogens with zero attached hydrogens (tertiary/aromatic N) is 4. The van der Waals surface area contributed by atoms with Crippen molar-refractivity contribution in [1.82, 2.24) is 25.4 Å². The fourth-order valence-corrected chi connectivity index (χ4v) is 4.69. The Bertz CT molecular complexity index is 1680. The Labute approximate surface area is 235 Å². The van der Waals surface area contributed by atoms with Crippen LogP contribution in [0, 0.1) is 12.7 Å². The van der Waals surface area contributed by atoms with E-state index in [9.17, 15) is 9.18 Å². The number of hydrogen-bond acceptors (Lipinski definition) is 8. The molecule has 12 heteroatoms. The highest BCUT2D eigenvalue weighted by Gasteiger charge is 2.31. The molecule has 4 aromatic rings. The highest BCUT2D eigenvalue weighted by atomic mass is 35.5. The molecule has 1 amide bonds. The van der Waals surface area contributed by atoms with Crippen molar-refractivity contribution in [3.8, 4) is 0 Å². The van der Waals surface area contributed by atoms with Gasteiger partial charge in [0.2, 0.25) is 5.96 Å². The molecule has 1 atom stereocenters. The van der Waals surface area contributed by atoms with Gasteiger partial charge < -0.3 is 20.8 Å². The smallest absolute Gasteiger partial charge is 0.302 e. The van der Waals surface area contributed by atoms with Crippen molar-refractivity contribution in [2.45, 2.75) is 52.7 Å². The average molecular weight is 565 g/mol. The third-order valence-electron chi connectivity index (χ3n) is 6.48. The molecule has 1 aliphatic rings. The number of amides is 1. The molecule has 208 valence electrons. The van der Waals surface area contributed by atoms with Gasteiger partial charge in [0, 0.05) is 34.6 Å². The van der Waals surface area contributed by atoms with Crippen molar-refractivity contribution in [3.05, 3.63) is 81.5 Å². The van der Waals surface area contributed by atoms with Crippen LogP contribution in [0.1, 0.15) is 50.4 Å². The number of aromatic nitrogens is 3. The van der Waals surface area contributed by atoms with Gasteiger partial charge in [0.1, 0.15) is 23.1 Å². The summed E-state index contributed by atoms with van der Waals surface area (Å²) in [7, 11) is 0. The van der Waals surface area contributed by atoms with E-state index in [2.05, 4.69) is 46.8 Å². The molecule has 0 saturated carbocycles. The SMILES string of the molecule is CC1=C(C(=O)NCc2cnn(C(C)(C)C)c2)C(c2ccc(C)cc2Cl)N=C(Nc2nc3ccc(F)c(N)c3o2)N1.